The SMILES string of the molecule is OCCOCCI. The van der Waals surface area contributed by atoms with E-state index in [1.54, 1.807) is 0 Å². The summed E-state index contributed by atoms with van der Waals surface area (Å²) >= 11 is 2.22. The number of aliphatic hydroxyl groups is 1. The Morgan fingerprint density at radius 3 is 2.57 bits per heavy atom. The van der Waals surface area contributed by atoms with Crippen LogP contribution in [-0.4, -0.2) is 29.4 Å². The van der Waals surface area contributed by atoms with Gasteiger partial charge in [0.05, 0.1) is 19.8 Å². The van der Waals surface area contributed by atoms with Crippen molar-refractivity contribution in [3.05, 3.63) is 0 Å². The number of aliphatic hydroxyl groups excluding tert-OH is 1. The zero-order valence-electron chi connectivity index (χ0n) is 4.06. The van der Waals surface area contributed by atoms with Crippen LogP contribution in [0.2, 0.25) is 0 Å². The zero-order chi connectivity index (χ0) is 5.54. The Kier molecular flexibility index (Phi) is 7.27. The summed E-state index contributed by atoms with van der Waals surface area (Å²) in [5.41, 5.74) is 0. The molecule has 0 atom stereocenters. The highest BCUT2D eigenvalue weighted by atomic mass is 127. The largest absolute Gasteiger partial charge is 0.394 e. The van der Waals surface area contributed by atoms with Crippen LogP contribution in [0.1, 0.15) is 0 Å². The van der Waals surface area contributed by atoms with Crippen molar-refractivity contribution < 1.29 is 9.84 Å². The van der Waals surface area contributed by atoms with E-state index in [2.05, 4.69) is 22.6 Å². The molecule has 0 spiro atoms. The molecule has 1 N–H and O–H groups in total. The summed E-state index contributed by atoms with van der Waals surface area (Å²) in [6.45, 7) is 1.36. The van der Waals surface area contributed by atoms with Crippen molar-refractivity contribution in [3.63, 3.8) is 0 Å². The van der Waals surface area contributed by atoms with Gasteiger partial charge < -0.3 is 9.84 Å². The molecule has 0 aliphatic carbocycles. The maximum absolute atomic E-state index is 8.17. The number of ether oxygens (including phenoxy) is 1. The number of hydrogen-bond acceptors (Lipinski definition) is 2. The van der Waals surface area contributed by atoms with E-state index in [-0.39, 0.29) is 6.61 Å². The van der Waals surface area contributed by atoms with Crippen LogP contribution < -0.4 is 0 Å². The molecule has 3 heteroatoms. The highest BCUT2D eigenvalue weighted by molar-refractivity contribution is 14.1. The maximum atomic E-state index is 8.17. The fourth-order valence-electron chi connectivity index (χ4n) is 0.221. The smallest absolute Gasteiger partial charge is 0.0698 e. The van der Waals surface area contributed by atoms with Crippen molar-refractivity contribution in [1.29, 1.82) is 0 Å². The van der Waals surface area contributed by atoms with Gasteiger partial charge in [0, 0.05) is 4.43 Å². The minimum Gasteiger partial charge on any atom is -0.394 e. The molecule has 0 unspecified atom stereocenters. The summed E-state index contributed by atoms with van der Waals surface area (Å²) in [7, 11) is 0. The average Bonchev–Trinajstić information content (AvgIpc) is 1.69. The van der Waals surface area contributed by atoms with E-state index in [1.165, 1.54) is 0 Å². The molecule has 44 valence electrons. The zero-order valence-corrected chi connectivity index (χ0v) is 6.22. The molecule has 0 bridgehead atoms. The van der Waals surface area contributed by atoms with Crippen LogP contribution >= 0.6 is 22.6 Å². The molecule has 2 nitrogen and oxygen atoms in total. The molecule has 0 saturated carbocycles. The normalized spacial score (nSPS) is 9.43. The number of halogens is 1. The topological polar surface area (TPSA) is 29.5 Å². The van der Waals surface area contributed by atoms with Gasteiger partial charge in [-0.05, 0) is 0 Å². The van der Waals surface area contributed by atoms with Crippen molar-refractivity contribution >= 4 is 22.6 Å². The summed E-state index contributed by atoms with van der Waals surface area (Å²) in [5, 5.41) is 8.17. The molecule has 0 aromatic rings. The average molecular weight is 216 g/mol. The standard InChI is InChI=1S/C4H9IO2/c5-1-3-7-4-2-6/h6H,1-4H2. The Morgan fingerprint density at radius 2 is 2.14 bits per heavy atom. The molecule has 7 heavy (non-hydrogen) atoms. The van der Waals surface area contributed by atoms with Crippen molar-refractivity contribution in [2.75, 3.05) is 24.2 Å². The van der Waals surface area contributed by atoms with Crippen molar-refractivity contribution in [2.24, 2.45) is 0 Å². The van der Waals surface area contributed by atoms with Gasteiger partial charge in [-0.2, -0.15) is 0 Å². The van der Waals surface area contributed by atoms with Gasteiger partial charge in [0.2, 0.25) is 0 Å². The van der Waals surface area contributed by atoms with Gasteiger partial charge in [0.1, 0.15) is 0 Å². The summed E-state index contributed by atoms with van der Waals surface area (Å²) in [6, 6.07) is 0. The van der Waals surface area contributed by atoms with Gasteiger partial charge in [-0.3, -0.25) is 0 Å². The van der Waals surface area contributed by atoms with Gasteiger partial charge >= 0.3 is 0 Å². The molecule has 0 aliphatic heterocycles. The van der Waals surface area contributed by atoms with Gasteiger partial charge in [-0.15, -0.1) is 0 Å². The molecule has 0 rings (SSSR count). The predicted molar refractivity (Wildman–Crippen MR) is 36.8 cm³/mol. The van der Waals surface area contributed by atoms with Crippen LogP contribution in [0.25, 0.3) is 0 Å². The minimum atomic E-state index is 0.136. The Hall–Kier alpha value is 0.650. The van der Waals surface area contributed by atoms with E-state index in [4.69, 9.17) is 9.84 Å². The molecular weight excluding hydrogens is 207 g/mol. The maximum Gasteiger partial charge on any atom is 0.0698 e. The first-order chi connectivity index (χ1) is 3.41. The summed E-state index contributed by atoms with van der Waals surface area (Å²) in [5.74, 6) is 0. The van der Waals surface area contributed by atoms with E-state index in [0.717, 1.165) is 11.0 Å². The van der Waals surface area contributed by atoms with Crippen LogP contribution in [0.3, 0.4) is 0 Å². The highest BCUT2D eigenvalue weighted by Crippen LogP contribution is 1.80. The second-order valence-corrected chi connectivity index (χ2v) is 2.10. The van der Waals surface area contributed by atoms with Crippen LogP contribution in [-0.2, 0) is 4.74 Å². The first-order valence-corrected chi connectivity index (χ1v) is 3.69. The first kappa shape index (κ1) is 7.65. The quantitative estimate of drug-likeness (QED) is 0.419. The Balaban J connectivity index is 2.45. The van der Waals surface area contributed by atoms with Gasteiger partial charge in [-0.25, -0.2) is 0 Å². The Labute approximate surface area is 57.0 Å². The van der Waals surface area contributed by atoms with Crippen molar-refractivity contribution in [3.8, 4) is 0 Å². The number of hydrogen-bond donors (Lipinski definition) is 1. The fourth-order valence-corrected chi connectivity index (χ4v) is 0.533. The lowest BCUT2D eigenvalue weighted by molar-refractivity contribution is 0.104. The Bertz CT molecular complexity index is 28.9. The highest BCUT2D eigenvalue weighted by Gasteiger charge is 1.79. The molecule has 0 aromatic carbocycles. The summed E-state index contributed by atoms with van der Waals surface area (Å²) in [6.07, 6.45) is 0. The lowest BCUT2D eigenvalue weighted by Gasteiger charge is -1.94. The van der Waals surface area contributed by atoms with Crippen LogP contribution in [0.5, 0.6) is 0 Å². The first-order valence-electron chi connectivity index (χ1n) is 2.16. The summed E-state index contributed by atoms with van der Waals surface area (Å²) in [4.78, 5) is 0. The number of rotatable bonds is 4. The Morgan fingerprint density at radius 1 is 1.43 bits per heavy atom. The van der Waals surface area contributed by atoms with Crippen molar-refractivity contribution in [2.45, 2.75) is 0 Å². The lowest BCUT2D eigenvalue weighted by Crippen LogP contribution is -2.00. The van der Waals surface area contributed by atoms with Gasteiger partial charge in [0.15, 0.2) is 0 Å². The second kappa shape index (κ2) is 6.65. The van der Waals surface area contributed by atoms with Crippen LogP contribution in [0.4, 0.5) is 0 Å². The minimum absolute atomic E-state index is 0.136. The van der Waals surface area contributed by atoms with E-state index in [9.17, 15) is 0 Å². The molecular formula is C4H9IO2. The predicted octanol–water partition coefficient (Wildman–Crippen LogP) is 0.430. The summed E-state index contributed by atoms with van der Waals surface area (Å²) < 4.78 is 5.87. The molecule has 0 radical (unpaired) electrons. The number of alkyl halides is 1. The molecule has 0 heterocycles. The van der Waals surface area contributed by atoms with Gasteiger partial charge in [0.25, 0.3) is 0 Å². The molecule has 0 amide bonds. The third-order valence-electron chi connectivity index (χ3n) is 0.457. The van der Waals surface area contributed by atoms with Gasteiger partial charge in [-0.1, -0.05) is 22.6 Å². The van der Waals surface area contributed by atoms with E-state index in [0.29, 0.717) is 6.61 Å². The van der Waals surface area contributed by atoms with E-state index >= 15 is 0 Å². The second-order valence-electron chi connectivity index (χ2n) is 1.02. The van der Waals surface area contributed by atoms with Crippen LogP contribution in [0.15, 0.2) is 0 Å². The molecule has 0 aromatic heterocycles. The molecule has 0 fully saturated rings. The fraction of sp³-hybridized carbons (Fsp3) is 1.00. The monoisotopic (exact) mass is 216 g/mol. The lowest BCUT2D eigenvalue weighted by atomic mass is 10.8. The van der Waals surface area contributed by atoms with Crippen LogP contribution in [0, 0.1) is 0 Å². The van der Waals surface area contributed by atoms with E-state index < -0.39 is 0 Å². The molecule has 0 saturated heterocycles. The molecule has 0 aliphatic rings. The van der Waals surface area contributed by atoms with Crippen molar-refractivity contribution in [1.82, 2.24) is 0 Å². The third-order valence-corrected chi connectivity index (χ3v) is 0.898. The third kappa shape index (κ3) is 6.65. The van der Waals surface area contributed by atoms with E-state index in [1.807, 2.05) is 0 Å².